The van der Waals surface area contributed by atoms with Crippen LogP contribution >= 0.6 is 0 Å². The number of hydrogen-bond donors (Lipinski definition) is 2. The number of benzene rings is 1. The quantitative estimate of drug-likeness (QED) is 0.573. The molecule has 1 aromatic rings. The van der Waals surface area contributed by atoms with Crippen LogP contribution in [0.4, 0.5) is 5.69 Å². The van der Waals surface area contributed by atoms with E-state index in [1.165, 1.54) is 13.2 Å². The Bertz CT molecular complexity index is 395. The van der Waals surface area contributed by atoms with Gasteiger partial charge >= 0.3 is 0 Å². The first-order valence-electron chi connectivity index (χ1n) is 5.22. The molecule has 0 bridgehead atoms. The standard InChI is InChI=1S/C11H16N2O4/c1-17-7-8-2-3-9(10(12)4-5-14)11(6-8)13(15)16/h2-3,6,10,14H,4-5,7,12H2,1H3. The van der Waals surface area contributed by atoms with Crippen LogP contribution in [-0.4, -0.2) is 23.7 Å². The number of nitrogens with two attached hydrogens (primary N) is 1. The maximum absolute atomic E-state index is 10.9. The Hall–Kier alpha value is -1.50. The molecule has 0 amide bonds. The van der Waals surface area contributed by atoms with E-state index in [-0.39, 0.29) is 12.3 Å². The third-order valence-corrected chi connectivity index (χ3v) is 2.44. The van der Waals surface area contributed by atoms with Crippen LogP contribution in [0.5, 0.6) is 0 Å². The number of hydrogen-bond acceptors (Lipinski definition) is 5. The lowest BCUT2D eigenvalue weighted by Crippen LogP contribution is -2.14. The van der Waals surface area contributed by atoms with Crippen molar-refractivity contribution in [2.75, 3.05) is 13.7 Å². The molecule has 0 heterocycles. The molecule has 0 saturated carbocycles. The number of aliphatic hydroxyl groups excluding tert-OH is 1. The summed E-state index contributed by atoms with van der Waals surface area (Å²) < 4.78 is 4.92. The van der Waals surface area contributed by atoms with Crippen LogP contribution in [0, 0.1) is 10.1 Å². The van der Waals surface area contributed by atoms with Crippen molar-refractivity contribution in [3.63, 3.8) is 0 Å². The second-order valence-corrected chi connectivity index (χ2v) is 3.70. The third-order valence-electron chi connectivity index (χ3n) is 2.44. The van der Waals surface area contributed by atoms with Gasteiger partial charge in [-0.1, -0.05) is 12.1 Å². The van der Waals surface area contributed by atoms with Crippen molar-refractivity contribution in [3.05, 3.63) is 39.4 Å². The molecule has 17 heavy (non-hydrogen) atoms. The van der Waals surface area contributed by atoms with Gasteiger partial charge in [-0.05, 0) is 12.0 Å². The third kappa shape index (κ3) is 3.48. The largest absolute Gasteiger partial charge is 0.396 e. The molecule has 3 N–H and O–H groups in total. The summed E-state index contributed by atoms with van der Waals surface area (Å²) in [6.45, 7) is 0.217. The Morgan fingerprint density at radius 1 is 1.59 bits per heavy atom. The Morgan fingerprint density at radius 2 is 2.29 bits per heavy atom. The second kappa shape index (κ2) is 6.29. The summed E-state index contributed by atoms with van der Waals surface area (Å²) in [4.78, 5) is 10.5. The molecule has 0 aliphatic rings. The van der Waals surface area contributed by atoms with Crippen molar-refractivity contribution in [1.29, 1.82) is 0 Å². The molecule has 1 atom stereocenters. The van der Waals surface area contributed by atoms with Crippen LogP contribution in [0.2, 0.25) is 0 Å². The summed E-state index contributed by atoms with van der Waals surface area (Å²) >= 11 is 0. The fourth-order valence-electron chi connectivity index (χ4n) is 1.61. The van der Waals surface area contributed by atoms with Gasteiger partial charge in [-0.3, -0.25) is 10.1 Å². The summed E-state index contributed by atoms with van der Waals surface area (Å²) in [5, 5.41) is 19.7. The molecule has 1 rings (SSSR count). The van der Waals surface area contributed by atoms with Gasteiger partial charge in [-0.25, -0.2) is 0 Å². The molecule has 6 heteroatoms. The number of ether oxygens (including phenoxy) is 1. The number of nitro benzene ring substituents is 1. The van der Waals surface area contributed by atoms with Gasteiger partial charge in [0.25, 0.3) is 5.69 Å². The van der Waals surface area contributed by atoms with Crippen molar-refractivity contribution >= 4 is 5.69 Å². The molecule has 94 valence electrons. The number of methoxy groups -OCH3 is 1. The van der Waals surface area contributed by atoms with E-state index in [1.807, 2.05) is 0 Å². The zero-order valence-electron chi connectivity index (χ0n) is 9.63. The maximum atomic E-state index is 10.9. The Labute approximate surface area is 99.2 Å². The van der Waals surface area contributed by atoms with Gasteiger partial charge in [0.1, 0.15) is 0 Å². The van der Waals surface area contributed by atoms with E-state index in [1.54, 1.807) is 12.1 Å². The smallest absolute Gasteiger partial charge is 0.274 e. The molecule has 0 spiro atoms. The highest BCUT2D eigenvalue weighted by Gasteiger charge is 2.19. The van der Waals surface area contributed by atoms with Gasteiger partial charge < -0.3 is 15.6 Å². The minimum absolute atomic E-state index is 0.0273. The normalized spacial score (nSPS) is 12.4. The lowest BCUT2D eigenvalue weighted by atomic mass is 10.0. The molecule has 0 saturated heterocycles. The number of nitro groups is 1. The van der Waals surface area contributed by atoms with Crippen molar-refractivity contribution in [2.24, 2.45) is 5.73 Å². The molecule has 6 nitrogen and oxygen atoms in total. The average Bonchev–Trinajstić information content (AvgIpc) is 2.29. The molecule has 0 aliphatic carbocycles. The van der Waals surface area contributed by atoms with E-state index in [9.17, 15) is 10.1 Å². The highest BCUT2D eigenvalue weighted by atomic mass is 16.6. The van der Waals surface area contributed by atoms with Crippen molar-refractivity contribution in [3.8, 4) is 0 Å². The number of nitrogens with zero attached hydrogens (tertiary/aromatic N) is 1. The molecule has 1 unspecified atom stereocenters. The molecular formula is C11H16N2O4. The van der Waals surface area contributed by atoms with E-state index in [2.05, 4.69) is 0 Å². The van der Waals surface area contributed by atoms with Crippen LogP contribution in [0.15, 0.2) is 18.2 Å². The summed E-state index contributed by atoms with van der Waals surface area (Å²) in [5.74, 6) is 0. The van der Waals surface area contributed by atoms with Crippen LogP contribution < -0.4 is 5.73 Å². The molecule has 0 aliphatic heterocycles. The van der Waals surface area contributed by atoms with Crippen molar-refractivity contribution in [1.82, 2.24) is 0 Å². The molecule has 0 fully saturated rings. The Kier molecular flexibility index (Phi) is 5.02. The summed E-state index contributed by atoms with van der Waals surface area (Å²) in [7, 11) is 1.53. The van der Waals surface area contributed by atoms with Gasteiger partial charge in [0.05, 0.1) is 11.5 Å². The summed E-state index contributed by atoms with van der Waals surface area (Å²) in [5.41, 5.74) is 6.90. The monoisotopic (exact) mass is 240 g/mol. The Morgan fingerprint density at radius 3 is 2.82 bits per heavy atom. The first-order valence-corrected chi connectivity index (χ1v) is 5.22. The van der Waals surface area contributed by atoms with E-state index < -0.39 is 11.0 Å². The number of aliphatic hydroxyl groups is 1. The lowest BCUT2D eigenvalue weighted by Gasteiger charge is -2.11. The topological polar surface area (TPSA) is 98.6 Å². The SMILES string of the molecule is COCc1ccc(C(N)CCO)c([N+](=O)[O-])c1. The Balaban J connectivity index is 3.08. The van der Waals surface area contributed by atoms with Crippen LogP contribution in [0.25, 0.3) is 0 Å². The van der Waals surface area contributed by atoms with E-state index in [0.29, 0.717) is 18.6 Å². The van der Waals surface area contributed by atoms with Crippen molar-refractivity contribution < 1.29 is 14.8 Å². The van der Waals surface area contributed by atoms with Gasteiger partial charge in [0.2, 0.25) is 0 Å². The minimum Gasteiger partial charge on any atom is -0.396 e. The molecular weight excluding hydrogens is 224 g/mol. The molecule has 0 radical (unpaired) electrons. The van der Waals surface area contributed by atoms with Gasteiger partial charge in [-0.2, -0.15) is 0 Å². The summed E-state index contributed by atoms with van der Waals surface area (Å²) in [6.07, 6.45) is 0.296. The lowest BCUT2D eigenvalue weighted by molar-refractivity contribution is -0.385. The van der Waals surface area contributed by atoms with Gasteiger partial charge in [-0.15, -0.1) is 0 Å². The van der Waals surface area contributed by atoms with Crippen LogP contribution in [0.3, 0.4) is 0 Å². The van der Waals surface area contributed by atoms with Crippen LogP contribution in [0.1, 0.15) is 23.6 Å². The maximum Gasteiger partial charge on any atom is 0.274 e. The van der Waals surface area contributed by atoms with Crippen LogP contribution in [-0.2, 0) is 11.3 Å². The molecule has 1 aromatic carbocycles. The zero-order chi connectivity index (χ0) is 12.8. The fraction of sp³-hybridized carbons (Fsp3) is 0.455. The summed E-state index contributed by atoms with van der Waals surface area (Å²) in [6, 6.07) is 4.28. The highest BCUT2D eigenvalue weighted by Crippen LogP contribution is 2.27. The number of rotatable bonds is 6. The van der Waals surface area contributed by atoms with E-state index >= 15 is 0 Å². The van der Waals surface area contributed by atoms with Gasteiger partial charge in [0.15, 0.2) is 0 Å². The minimum atomic E-state index is -0.531. The predicted molar refractivity (Wildman–Crippen MR) is 62.4 cm³/mol. The fourth-order valence-corrected chi connectivity index (χ4v) is 1.61. The van der Waals surface area contributed by atoms with E-state index in [4.69, 9.17) is 15.6 Å². The first kappa shape index (κ1) is 13.6. The zero-order valence-corrected chi connectivity index (χ0v) is 9.63. The van der Waals surface area contributed by atoms with E-state index in [0.717, 1.165) is 5.56 Å². The first-order chi connectivity index (χ1) is 8.10. The average molecular weight is 240 g/mol. The molecule has 0 aromatic heterocycles. The second-order valence-electron chi connectivity index (χ2n) is 3.70. The van der Waals surface area contributed by atoms with Gasteiger partial charge in [0, 0.05) is 31.4 Å². The highest BCUT2D eigenvalue weighted by molar-refractivity contribution is 5.45. The van der Waals surface area contributed by atoms with Crippen molar-refractivity contribution in [2.45, 2.75) is 19.1 Å². The predicted octanol–water partition coefficient (Wildman–Crippen LogP) is 1.12.